The molecule has 29 heavy (non-hydrogen) atoms. The predicted octanol–water partition coefficient (Wildman–Crippen LogP) is 1.82. The number of carbonyl (C=O) groups excluding carboxylic acids is 3. The minimum absolute atomic E-state index is 0.0337. The minimum Gasteiger partial charge on any atom is -0.497 e. The minimum atomic E-state index is -0.832. The van der Waals surface area contributed by atoms with Gasteiger partial charge in [-0.15, -0.1) is 0 Å². The summed E-state index contributed by atoms with van der Waals surface area (Å²) in [6.07, 6.45) is 0. The molecular formula is C19H19N3O7. The van der Waals surface area contributed by atoms with Crippen molar-refractivity contribution < 1.29 is 28.8 Å². The Balaban J connectivity index is 1.82. The molecule has 0 aliphatic rings. The van der Waals surface area contributed by atoms with E-state index in [4.69, 9.17) is 9.47 Å². The number of esters is 1. The van der Waals surface area contributed by atoms with Gasteiger partial charge in [-0.2, -0.15) is 0 Å². The first-order valence-corrected chi connectivity index (χ1v) is 8.43. The maximum absolute atomic E-state index is 12.0. The molecular weight excluding hydrogens is 382 g/mol. The molecule has 0 radical (unpaired) electrons. The molecule has 0 saturated carbocycles. The average molecular weight is 401 g/mol. The molecule has 2 aromatic rings. The van der Waals surface area contributed by atoms with Crippen LogP contribution in [0.25, 0.3) is 0 Å². The van der Waals surface area contributed by atoms with Gasteiger partial charge in [0.25, 0.3) is 17.5 Å². The molecule has 0 fully saturated rings. The van der Waals surface area contributed by atoms with Crippen LogP contribution in [-0.4, -0.2) is 43.0 Å². The van der Waals surface area contributed by atoms with Gasteiger partial charge in [0.15, 0.2) is 6.61 Å². The van der Waals surface area contributed by atoms with E-state index < -0.39 is 35.9 Å². The number of nitrogens with zero attached hydrogens (tertiary/aromatic N) is 1. The number of para-hydroxylation sites is 1. The third-order valence-corrected chi connectivity index (χ3v) is 3.82. The molecule has 2 rings (SSSR count). The van der Waals surface area contributed by atoms with Gasteiger partial charge in [-0.1, -0.05) is 12.1 Å². The number of nitro groups is 1. The zero-order chi connectivity index (χ0) is 21.4. The Morgan fingerprint density at radius 3 is 2.41 bits per heavy atom. The Morgan fingerprint density at radius 1 is 1.10 bits per heavy atom. The van der Waals surface area contributed by atoms with Gasteiger partial charge in [-0.05, 0) is 36.8 Å². The van der Waals surface area contributed by atoms with Crippen LogP contribution in [0.2, 0.25) is 0 Å². The Morgan fingerprint density at radius 2 is 1.79 bits per heavy atom. The largest absolute Gasteiger partial charge is 0.497 e. The molecule has 10 heteroatoms. The van der Waals surface area contributed by atoms with Gasteiger partial charge in [-0.25, -0.2) is 0 Å². The number of carbonyl (C=O) groups is 3. The van der Waals surface area contributed by atoms with Crippen LogP contribution in [0.15, 0.2) is 42.5 Å². The van der Waals surface area contributed by atoms with E-state index >= 15 is 0 Å². The number of methoxy groups -OCH3 is 1. The Bertz CT molecular complexity index is 926. The van der Waals surface area contributed by atoms with E-state index in [-0.39, 0.29) is 11.4 Å². The normalized spacial score (nSPS) is 10.0. The molecule has 0 atom stereocenters. The van der Waals surface area contributed by atoms with Crippen molar-refractivity contribution in [3.63, 3.8) is 0 Å². The average Bonchev–Trinajstić information content (AvgIpc) is 2.71. The van der Waals surface area contributed by atoms with Crippen molar-refractivity contribution in [1.82, 2.24) is 5.32 Å². The first-order valence-electron chi connectivity index (χ1n) is 8.43. The fourth-order valence-corrected chi connectivity index (χ4v) is 2.34. The highest BCUT2D eigenvalue weighted by Gasteiger charge is 2.18. The van der Waals surface area contributed by atoms with Gasteiger partial charge in [0.2, 0.25) is 0 Å². The molecule has 2 aromatic carbocycles. The number of ether oxygens (including phenoxy) is 2. The van der Waals surface area contributed by atoms with Crippen molar-refractivity contribution >= 4 is 29.2 Å². The molecule has 0 bridgehead atoms. The first-order chi connectivity index (χ1) is 13.8. The van der Waals surface area contributed by atoms with Crippen LogP contribution in [-0.2, 0) is 14.3 Å². The topological polar surface area (TPSA) is 137 Å². The van der Waals surface area contributed by atoms with Crippen molar-refractivity contribution in [2.45, 2.75) is 6.92 Å². The summed E-state index contributed by atoms with van der Waals surface area (Å²) in [5.41, 5.74) is 0.580. The zero-order valence-corrected chi connectivity index (χ0v) is 15.8. The van der Waals surface area contributed by atoms with E-state index in [1.165, 1.54) is 31.4 Å². The molecule has 0 heterocycles. The molecule has 0 saturated heterocycles. The number of nitrogens with one attached hydrogen (secondary N) is 2. The fraction of sp³-hybridized carbons (Fsp3) is 0.211. The fourth-order valence-electron chi connectivity index (χ4n) is 2.34. The molecule has 2 N–H and O–H groups in total. The molecule has 0 unspecified atom stereocenters. The molecule has 2 amide bonds. The van der Waals surface area contributed by atoms with Crippen molar-refractivity contribution in [1.29, 1.82) is 0 Å². The number of hydrogen-bond acceptors (Lipinski definition) is 7. The number of hydrogen-bond donors (Lipinski definition) is 2. The second kappa shape index (κ2) is 9.83. The third-order valence-electron chi connectivity index (χ3n) is 3.82. The predicted molar refractivity (Wildman–Crippen MR) is 103 cm³/mol. The van der Waals surface area contributed by atoms with Crippen molar-refractivity contribution in [2.75, 3.05) is 25.6 Å². The molecule has 152 valence electrons. The maximum atomic E-state index is 12.0. The molecule has 10 nitrogen and oxygen atoms in total. The highest BCUT2D eigenvalue weighted by atomic mass is 16.6. The van der Waals surface area contributed by atoms with Crippen LogP contribution in [0.4, 0.5) is 11.4 Å². The van der Waals surface area contributed by atoms with Crippen LogP contribution >= 0.6 is 0 Å². The number of nitro benzene ring substituents is 1. The van der Waals surface area contributed by atoms with Gasteiger partial charge >= 0.3 is 5.97 Å². The van der Waals surface area contributed by atoms with E-state index in [0.717, 1.165) is 0 Å². The van der Waals surface area contributed by atoms with Crippen molar-refractivity contribution in [3.8, 4) is 5.75 Å². The van der Waals surface area contributed by atoms with Gasteiger partial charge in [0.1, 0.15) is 18.0 Å². The summed E-state index contributed by atoms with van der Waals surface area (Å²) in [6.45, 7) is 0.509. The van der Waals surface area contributed by atoms with Crippen LogP contribution in [0, 0.1) is 17.0 Å². The molecule has 0 aromatic heterocycles. The SMILES string of the molecule is COc1ccc(C(=O)NCC(=O)OCC(=O)Nc2c(C)cccc2[N+](=O)[O-])cc1. The summed E-state index contributed by atoms with van der Waals surface area (Å²) < 4.78 is 9.77. The summed E-state index contributed by atoms with van der Waals surface area (Å²) in [6, 6.07) is 10.6. The van der Waals surface area contributed by atoms with Gasteiger partial charge in [0, 0.05) is 11.6 Å². The van der Waals surface area contributed by atoms with E-state index in [1.807, 2.05) is 0 Å². The summed E-state index contributed by atoms with van der Waals surface area (Å²) in [5, 5.41) is 15.8. The highest BCUT2D eigenvalue weighted by molar-refractivity contribution is 5.97. The smallest absolute Gasteiger partial charge is 0.325 e. The number of aryl methyl sites for hydroxylation is 1. The second-order valence-corrected chi connectivity index (χ2v) is 5.85. The second-order valence-electron chi connectivity index (χ2n) is 5.85. The standard InChI is InChI=1S/C19H19N3O7/c1-12-4-3-5-15(22(26)27)18(12)21-16(23)11-29-17(24)10-20-19(25)13-6-8-14(28-2)9-7-13/h3-9H,10-11H2,1-2H3,(H,20,25)(H,21,23). The van der Waals surface area contributed by atoms with Crippen LogP contribution in [0.3, 0.4) is 0 Å². The first kappa shape index (κ1) is 21.4. The Kier molecular flexibility index (Phi) is 7.24. The molecule has 0 aliphatic heterocycles. The third kappa shape index (κ3) is 6.03. The van der Waals surface area contributed by atoms with E-state index in [1.54, 1.807) is 25.1 Å². The summed E-state index contributed by atoms with van der Waals surface area (Å²) >= 11 is 0. The summed E-state index contributed by atoms with van der Waals surface area (Å²) in [7, 11) is 1.50. The Labute approximate surface area is 166 Å². The number of amides is 2. The lowest BCUT2D eigenvalue weighted by Gasteiger charge is -2.10. The van der Waals surface area contributed by atoms with E-state index in [0.29, 0.717) is 16.9 Å². The zero-order valence-electron chi connectivity index (χ0n) is 15.8. The van der Waals surface area contributed by atoms with E-state index in [2.05, 4.69) is 10.6 Å². The van der Waals surface area contributed by atoms with Gasteiger partial charge in [-0.3, -0.25) is 24.5 Å². The molecule has 0 aliphatic carbocycles. The lowest BCUT2D eigenvalue weighted by Crippen LogP contribution is -2.32. The monoisotopic (exact) mass is 401 g/mol. The van der Waals surface area contributed by atoms with E-state index in [9.17, 15) is 24.5 Å². The highest BCUT2D eigenvalue weighted by Crippen LogP contribution is 2.27. The van der Waals surface area contributed by atoms with Gasteiger partial charge in [0.05, 0.1) is 12.0 Å². The number of rotatable bonds is 8. The number of anilines is 1. The van der Waals surface area contributed by atoms with Crippen molar-refractivity contribution in [3.05, 3.63) is 63.7 Å². The van der Waals surface area contributed by atoms with Crippen LogP contribution in [0.5, 0.6) is 5.75 Å². The summed E-state index contributed by atoms with van der Waals surface area (Å²) in [5.74, 6) is -1.48. The Hall–Kier alpha value is -3.95. The maximum Gasteiger partial charge on any atom is 0.325 e. The van der Waals surface area contributed by atoms with Crippen LogP contribution < -0.4 is 15.4 Å². The quantitative estimate of drug-likeness (QED) is 0.391. The lowest BCUT2D eigenvalue weighted by molar-refractivity contribution is -0.384. The molecule has 0 spiro atoms. The van der Waals surface area contributed by atoms with Gasteiger partial charge < -0.3 is 20.1 Å². The number of benzene rings is 2. The van der Waals surface area contributed by atoms with Crippen molar-refractivity contribution in [2.24, 2.45) is 0 Å². The van der Waals surface area contributed by atoms with Crippen LogP contribution in [0.1, 0.15) is 15.9 Å². The summed E-state index contributed by atoms with van der Waals surface area (Å²) in [4.78, 5) is 46.1. The lowest BCUT2D eigenvalue weighted by atomic mass is 10.1.